The molecule has 0 fully saturated rings. The van der Waals surface area contributed by atoms with Crippen LogP contribution >= 0.6 is 0 Å². The van der Waals surface area contributed by atoms with Crippen LogP contribution in [-0.4, -0.2) is 14.8 Å². The number of nitrogens with two attached hydrogens (primary N) is 1. The Hall–Kier alpha value is -3.24. The monoisotopic (exact) mass is 430 g/mol. The zero-order valence-electron chi connectivity index (χ0n) is 16.0. The van der Waals surface area contributed by atoms with Gasteiger partial charge in [0.2, 0.25) is 0 Å². The average Bonchev–Trinajstić information content (AvgIpc) is 2.99. The molecule has 1 aromatic heterocycles. The van der Waals surface area contributed by atoms with Crippen molar-refractivity contribution in [2.75, 3.05) is 5.73 Å². The van der Waals surface area contributed by atoms with E-state index in [4.69, 9.17) is 10.5 Å². The molecule has 0 spiro atoms. The lowest BCUT2D eigenvalue weighted by Crippen LogP contribution is -2.30. The van der Waals surface area contributed by atoms with Crippen LogP contribution in [0.2, 0.25) is 0 Å². The molecule has 5 nitrogen and oxygen atoms in total. The summed E-state index contributed by atoms with van der Waals surface area (Å²) < 4.78 is 88.3. The lowest BCUT2D eigenvalue weighted by molar-refractivity contribution is -0.137. The molecule has 0 bridgehead atoms. The molecule has 0 saturated heterocycles. The van der Waals surface area contributed by atoms with Crippen LogP contribution in [0.4, 0.5) is 32.0 Å². The molecule has 0 aliphatic heterocycles. The molecule has 0 atom stereocenters. The Labute approximate surface area is 167 Å². The fourth-order valence-electron chi connectivity index (χ4n) is 3.01. The van der Waals surface area contributed by atoms with E-state index in [2.05, 4.69) is 10.2 Å². The summed E-state index contributed by atoms with van der Waals surface area (Å²) in [5.74, 6) is -4.15. The largest absolute Gasteiger partial charge is 0.474 e. The molecule has 30 heavy (non-hydrogen) atoms. The number of halogens is 6. The Morgan fingerprint density at radius 3 is 2.13 bits per heavy atom. The lowest BCUT2D eigenvalue weighted by atomic mass is 10.1. The van der Waals surface area contributed by atoms with Gasteiger partial charge in [-0.25, -0.2) is 13.2 Å². The SMILES string of the molecule is Cn1c(-c2ccc(F)cc2C(F)(F)F)nnc1C(C)(C)Oc1c(F)cc(N)cc1F. The van der Waals surface area contributed by atoms with Crippen LogP contribution in [0.5, 0.6) is 5.75 Å². The number of hydrogen-bond donors (Lipinski definition) is 1. The van der Waals surface area contributed by atoms with E-state index in [1.54, 1.807) is 0 Å². The summed E-state index contributed by atoms with van der Waals surface area (Å²) in [5.41, 5.74) is 2.08. The molecule has 1 heterocycles. The number of anilines is 1. The summed E-state index contributed by atoms with van der Waals surface area (Å²) in [4.78, 5) is 0. The van der Waals surface area contributed by atoms with Gasteiger partial charge in [0.15, 0.2) is 34.6 Å². The van der Waals surface area contributed by atoms with Crippen molar-refractivity contribution in [3.8, 4) is 17.1 Å². The van der Waals surface area contributed by atoms with Crippen molar-refractivity contribution < 1.29 is 31.1 Å². The Balaban J connectivity index is 2.06. The lowest BCUT2D eigenvalue weighted by Gasteiger charge is -2.26. The number of alkyl halides is 3. The van der Waals surface area contributed by atoms with Crippen LogP contribution in [-0.2, 0) is 18.8 Å². The molecule has 0 aliphatic carbocycles. The average molecular weight is 430 g/mol. The van der Waals surface area contributed by atoms with E-state index < -0.39 is 46.1 Å². The van der Waals surface area contributed by atoms with Gasteiger partial charge in [0.25, 0.3) is 0 Å². The summed E-state index contributed by atoms with van der Waals surface area (Å²) in [6, 6.07) is 3.87. The summed E-state index contributed by atoms with van der Waals surface area (Å²) >= 11 is 0. The fourth-order valence-corrected chi connectivity index (χ4v) is 3.01. The van der Waals surface area contributed by atoms with Crippen molar-refractivity contribution in [3.63, 3.8) is 0 Å². The minimum absolute atomic E-state index is 0.0226. The van der Waals surface area contributed by atoms with Gasteiger partial charge < -0.3 is 15.0 Å². The van der Waals surface area contributed by atoms with Crippen LogP contribution < -0.4 is 10.5 Å². The van der Waals surface area contributed by atoms with Gasteiger partial charge in [-0.2, -0.15) is 13.2 Å². The van der Waals surface area contributed by atoms with E-state index in [0.717, 1.165) is 24.3 Å². The molecule has 2 N–H and O–H groups in total. The molecule has 3 aromatic rings. The first-order chi connectivity index (χ1) is 13.8. The second-order valence-electron chi connectivity index (χ2n) is 7.02. The van der Waals surface area contributed by atoms with E-state index in [1.807, 2.05) is 0 Å². The Morgan fingerprint density at radius 1 is 0.967 bits per heavy atom. The van der Waals surface area contributed by atoms with Gasteiger partial charge in [-0.15, -0.1) is 10.2 Å². The van der Waals surface area contributed by atoms with Crippen LogP contribution in [0.25, 0.3) is 11.4 Å². The highest BCUT2D eigenvalue weighted by Gasteiger charge is 2.37. The third kappa shape index (κ3) is 3.91. The van der Waals surface area contributed by atoms with Crippen molar-refractivity contribution in [2.45, 2.75) is 25.6 Å². The first-order valence-corrected chi connectivity index (χ1v) is 8.52. The van der Waals surface area contributed by atoms with Crippen LogP contribution in [0.3, 0.4) is 0 Å². The molecule has 2 aromatic carbocycles. The first kappa shape index (κ1) is 21.5. The zero-order chi connectivity index (χ0) is 22.4. The maximum Gasteiger partial charge on any atom is 0.417 e. The Bertz CT molecular complexity index is 1080. The van der Waals surface area contributed by atoms with Gasteiger partial charge in [0.05, 0.1) is 5.56 Å². The number of aromatic nitrogens is 3. The van der Waals surface area contributed by atoms with Gasteiger partial charge in [-0.05, 0) is 32.0 Å². The Kier molecular flexibility index (Phi) is 5.17. The van der Waals surface area contributed by atoms with Crippen molar-refractivity contribution >= 4 is 5.69 Å². The van der Waals surface area contributed by atoms with E-state index in [-0.39, 0.29) is 17.3 Å². The molecule has 0 aliphatic rings. The minimum atomic E-state index is -4.84. The molecule has 160 valence electrons. The van der Waals surface area contributed by atoms with Crippen LogP contribution in [0, 0.1) is 17.5 Å². The number of ether oxygens (including phenoxy) is 1. The summed E-state index contributed by atoms with van der Waals surface area (Å²) in [6.45, 7) is 2.82. The third-order valence-electron chi connectivity index (χ3n) is 4.32. The van der Waals surface area contributed by atoms with Crippen molar-refractivity contribution in [3.05, 3.63) is 59.2 Å². The summed E-state index contributed by atoms with van der Waals surface area (Å²) in [6.07, 6.45) is -4.84. The molecule has 0 radical (unpaired) electrons. The predicted molar refractivity (Wildman–Crippen MR) is 95.8 cm³/mol. The first-order valence-electron chi connectivity index (χ1n) is 8.52. The van der Waals surface area contributed by atoms with E-state index >= 15 is 0 Å². The number of hydrogen-bond acceptors (Lipinski definition) is 4. The van der Waals surface area contributed by atoms with E-state index in [0.29, 0.717) is 6.07 Å². The van der Waals surface area contributed by atoms with Gasteiger partial charge >= 0.3 is 6.18 Å². The summed E-state index contributed by atoms with van der Waals surface area (Å²) in [5, 5.41) is 7.60. The molecular formula is C19H16F6N4O. The smallest absolute Gasteiger partial charge is 0.417 e. The quantitative estimate of drug-likeness (QED) is 0.476. The highest BCUT2D eigenvalue weighted by Crippen LogP contribution is 2.38. The predicted octanol–water partition coefficient (Wildman–Crippen LogP) is 4.81. The van der Waals surface area contributed by atoms with E-state index in [1.165, 1.54) is 25.5 Å². The standard InChI is InChI=1S/C19H16F6N4O/c1-18(2,30-15-13(21)7-10(26)8-14(15)22)17-28-27-16(29(17)3)11-5-4-9(20)6-12(11)19(23,24)25/h4-8H,26H2,1-3H3. The highest BCUT2D eigenvalue weighted by molar-refractivity contribution is 5.61. The topological polar surface area (TPSA) is 66.0 Å². The van der Waals surface area contributed by atoms with Crippen LogP contribution in [0.1, 0.15) is 25.2 Å². The van der Waals surface area contributed by atoms with E-state index in [9.17, 15) is 26.3 Å². The van der Waals surface area contributed by atoms with Gasteiger partial charge in [-0.3, -0.25) is 0 Å². The van der Waals surface area contributed by atoms with Crippen molar-refractivity contribution in [2.24, 2.45) is 7.05 Å². The maximum absolute atomic E-state index is 14.1. The molecule has 11 heteroatoms. The molecule has 0 unspecified atom stereocenters. The van der Waals surface area contributed by atoms with Gasteiger partial charge in [0, 0.05) is 30.4 Å². The highest BCUT2D eigenvalue weighted by atomic mass is 19.4. The summed E-state index contributed by atoms with van der Waals surface area (Å²) in [7, 11) is 1.36. The van der Waals surface area contributed by atoms with Gasteiger partial charge in [-0.1, -0.05) is 0 Å². The second-order valence-corrected chi connectivity index (χ2v) is 7.02. The number of nitrogen functional groups attached to an aromatic ring is 1. The van der Waals surface area contributed by atoms with Crippen LogP contribution in [0.15, 0.2) is 30.3 Å². The number of benzene rings is 2. The molecule has 0 amide bonds. The van der Waals surface area contributed by atoms with Crippen molar-refractivity contribution in [1.29, 1.82) is 0 Å². The minimum Gasteiger partial charge on any atom is -0.474 e. The van der Waals surface area contributed by atoms with Gasteiger partial charge in [0.1, 0.15) is 5.82 Å². The normalized spacial score (nSPS) is 12.3. The second kappa shape index (κ2) is 7.22. The number of rotatable bonds is 4. The Morgan fingerprint density at radius 2 is 1.57 bits per heavy atom. The van der Waals surface area contributed by atoms with Crippen molar-refractivity contribution in [1.82, 2.24) is 14.8 Å². The molecule has 0 saturated carbocycles. The molecule has 3 rings (SSSR count). The zero-order valence-corrected chi connectivity index (χ0v) is 16.0. The third-order valence-corrected chi connectivity index (χ3v) is 4.32. The fraction of sp³-hybridized carbons (Fsp3) is 0.263. The maximum atomic E-state index is 14.1. The molecular weight excluding hydrogens is 414 g/mol. The number of nitrogens with zero attached hydrogens (tertiary/aromatic N) is 3.